The summed E-state index contributed by atoms with van der Waals surface area (Å²) in [6, 6.07) is 7.87. The predicted octanol–water partition coefficient (Wildman–Crippen LogP) is 1.91. The van der Waals surface area contributed by atoms with Gasteiger partial charge in [-0.2, -0.15) is 0 Å². The number of rotatable bonds is 4. The van der Waals surface area contributed by atoms with Gasteiger partial charge in [0.25, 0.3) is 5.91 Å². The van der Waals surface area contributed by atoms with Crippen molar-refractivity contribution in [1.29, 1.82) is 0 Å². The van der Waals surface area contributed by atoms with Crippen LogP contribution in [0, 0.1) is 0 Å². The molecule has 2 aromatic rings. The van der Waals surface area contributed by atoms with E-state index in [1.165, 1.54) is 43.9 Å². The lowest BCUT2D eigenvalue weighted by atomic mass is 10.2. The third kappa shape index (κ3) is 3.40. The Bertz CT molecular complexity index is 650. The van der Waals surface area contributed by atoms with E-state index in [9.17, 15) is 4.79 Å². The van der Waals surface area contributed by atoms with Gasteiger partial charge in [0.05, 0.1) is 0 Å². The Morgan fingerprint density at radius 3 is 2.50 bits per heavy atom. The normalized spacial score (nSPS) is 14.9. The molecule has 1 saturated heterocycles. The molecule has 0 saturated carbocycles. The molecule has 1 amide bonds. The van der Waals surface area contributed by atoms with Crippen LogP contribution in [0.1, 0.15) is 28.9 Å². The number of amides is 1. The van der Waals surface area contributed by atoms with E-state index < -0.39 is 0 Å². The summed E-state index contributed by atoms with van der Waals surface area (Å²) in [6.07, 6.45) is 5.48. The maximum absolute atomic E-state index is 12.1. The summed E-state index contributed by atoms with van der Waals surface area (Å²) < 4.78 is 0. The largest absolute Gasteiger partial charge is 0.382 e. The van der Waals surface area contributed by atoms with Crippen molar-refractivity contribution < 1.29 is 4.79 Å². The first-order chi connectivity index (χ1) is 10.7. The van der Waals surface area contributed by atoms with Crippen LogP contribution < -0.4 is 11.1 Å². The third-order valence-corrected chi connectivity index (χ3v) is 3.76. The van der Waals surface area contributed by atoms with Crippen molar-refractivity contribution in [2.24, 2.45) is 0 Å². The lowest BCUT2D eigenvalue weighted by Gasteiger charge is -2.14. The molecule has 0 atom stereocenters. The molecule has 1 aromatic heterocycles. The van der Waals surface area contributed by atoms with Crippen LogP contribution in [0.4, 0.5) is 11.5 Å². The van der Waals surface area contributed by atoms with Crippen LogP contribution >= 0.6 is 0 Å². The van der Waals surface area contributed by atoms with Crippen LogP contribution in [-0.2, 0) is 6.54 Å². The Kier molecular flexibility index (Phi) is 4.29. The van der Waals surface area contributed by atoms with Crippen molar-refractivity contribution in [3.05, 3.63) is 47.9 Å². The highest BCUT2D eigenvalue weighted by molar-refractivity contribution is 6.05. The van der Waals surface area contributed by atoms with E-state index in [4.69, 9.17) is 5.73 Å². The van der Waals surface area contributed by atoms with Crippen LogP contribution in [0.5, 0.6) is 0 Å². The molecule has 114 valence electrons. The molecule has 3 N–H and O–H groups in total. The van der Waals surface area contributed by atoms with Gasteiger partial charge >= 0.3 is 0 Å². The predicted molar refractivity (Wildman–Crippen MR) is 85.4 cm³/mol. The number of hydrogen-bond donors (Lipinski definition) is 2. The van der Waals surface area contributed by atoms with Gasteiger partial charge in [-0.25, -0.2) is 9.97 Å². The SMILES string of the molecule is Nc1nccnc1C(=O)Nc1ccc(CN2CCCC2)cc1. The van der Waals surface area contributed by atoms with Crippen LogP contribution in [0.2, 0.25) is 0 Å². The number of anilines is 2. The van der Waals surface area contributed by atoms with Crippen molar-refractivity contribution in [3.63, 3.8) is 0 Å². The Hall–Kier alpha value is -2.47. The van der Waals surface area contributed by atoms with Crippen LogP contribution in [-0.4, -0.2) is 33.9 Å². The molecule has 0 spiro atoms. The molecular formula is C16H19N5O. The average molecular weight is 297 g/mol. The Morgan fingerprint density at radius 2 is 1.82 bits per heavy atom. The fourth-order valence-electron chi connectivity index (χ4n) is 2.61. The number of nitrogens with two attached hydrogens (primary N) is 1. The first-order valence-corrected chi connectivity index (χ1v) is 7.41. The van der Waals surface area contributed by atoms with E-state index >= 15 is 0 Å². The van der Waals surface area contributed by atoms with Gasteiger partial charge in [-0.15, -0.1) is 0 Å². The van der Waals surface area contributed by atoms with Crippen molar-refractivity contribution in [2.45, 2.75) is 19.4 Å². The molecule has 1 aliphatic rings. The summed E-state index contributed by atoms with van der Waals surface area (Å²) in [6.45, 7) is 3.31. The molecule has 6 nitrogen and oxygen atoms in total. The minimum absolute atomic E-state index is 0.130. The average Bonchev–Trinajstić information content (AvgIpc) is 3.02. The van der Waals surface area contributed by atoms with Gasteiger partial charge in [-0.1, -0.05) is 12.1 Å². The molecule has 0 aliphatic carbocycles. The molecule has 2 heterocycles. The smallest absolute Gasteiger partial charge is 0.278 e. The van der Waals surface area contributed by atoms with Crippen molar-refractivity contribution in [1.82, 2.24) is 14.9 Å². The lowest BCUT2D eigenvalue weighted by Crippen LogP contribution is -2.18. The zero-order valence-corrected chi connectivity index (χ0v) is 12.3. The monoisotopic (exact) mass is 297 g/mol. The second-order valence-electron chi connectivity index (χ2n) is 5.42. The standard InChI is InChI=1S/C16H19N5O/c17-15-14(18-7-8-19-15)16(22)20-13-5-3-12(4-6-13)11-21-9-1-2-10-21/h3-8H,1-2,9-11H2,(H2,17,19)(H,20,22). The first-order valence-electron chi connectivity index (χ1n) is 7.41. The van der Waals surface area contributed by atoms with E-state index in [0.717, 1.165) is 12.2 Å². The molecule has 0 radical (unpaired) electrons. The van der Waals surface area contributed by atoms with Crippen LogP contribution in [0.3, 0.4) is 0 Å². The molecule has 0 unspecified atom stereocenters. The number of benzene rings is 1. The van der Waals surface area contributed by atoms with Gasteiger partial charge in [0.2, 0.25) is 0 Å². The number of nitrogen functional groups attached to an aromatic ring is 1. The van der Waals surface area contributed by atoms with Gasteiger partial charge in [0.15, 0.2) is 11.5 Å². The molecule has 1 aliphatic heterocycles. The van der Waals surface area contributed by atoms with Gasteiger partial charge < -0.3 is 11.1 Å². The fraction of sp³-hybridized carbons (Fsp3) is 0.312. The second-order valence-corrected chi connectivity index (χ2v) is 5.42. The van der Waals surface area contributed by atoms with E-state index in [-0.39, 0.29) is 17.4 Å². The summed E-state index contributed by atoms with van der Waals surface area (Å²) in [5.74, 6) is -0.219. The highest BCUT2D eigenvalue weighted by Gasteiger charge is 2.13. The minimum atomic E-state index is -0.349. The Morgan fingerprint density at radius 1 is 1.14 bits per heavy atom. The number of nitrogens with zero attached hydrogens (tertiary/aromatic N) is 3. The second kappa shape index (κ2) is 6.53. The summed E-state index contributed by atoms with van der Waals surface area (Å²) in [4.78, 5) is 22.4. The maximum atomic E-state index is 12.1. The quantitative estimate of drug-likeness (QED) is 0.900. The molecule has 22 heavy (non-hydrogen) atoms. The fourth-order valence-corrected chi connectivity index (χ4v) is 2.61. The van der Waals surface area contributed by atoms with Gasteiger partial charge in [-0.05, 0) is 43.6 Å². The molecule has 3 rings (SSSR count). The number of carbonyl (C=O) groups is 1. The summed E-state index contributed by atoms with van der Waals surface area (Å²) in [5.41, 5.74) is 7.76. The molecule has 1 aromatic carbocycles. The molecule has 0 bridgehead atoms. The number of nitrogens with one attached hydrogen (secondary N) is 1. The van der Waals surface area contributed by atoms with Crippen molar-refractivity contribution in [3.8, 4) is 0 Å². The highest BCUT2D eigenvalue weighted by atomic mass is 16.1. The van der Waals surface area contributed by atoms with Crippen molar-refractivity contribution >= 4 is 17.4 Å². The molecule has 1 fully saturated rings. The number of carbonyl (C=O) groups excluding carboxylic acids is 1. The maximum Gasteiger partial charge on any atom is 0.278 e. The number of likely N-dealkylation sites (tertiary alicyclic amines) is 1. The third-order valence-electron chi connectivity index (χ3n) is 3.76. The Balaban J connectivity index is 1.63. The summed E-state index contributed by atoms with van der Waals surface area (Å²) in [7, 11) is 0. The van der Waals surface area contributed by atoms with Gasteiger partial charge in [-0.3, -0.25) is 9.69 Å². The highest BCUT2D eigenvalue weighted by Crippen LogP contribution is 2.16. The van der Waals surface area contributed by atoms with E-state index in [0.29, 0.717) is 0 Å². The zero-order valence-electron chi connectivity index (χ0n) is 12.3. The molecular weight excluding hydrogens is 278 g/mol. The number of hydrogen-bond acceptors (Lipinski definition) is 5. The summed E-state index contributed by atoms with van der Waals surface area (Å²) >= 11 is 0. The number of aromatic nitrogens is 2. The summed E-state index contributed by atoms with van der Waals surface area (Å²) in [5, 5.41) is 2.78. The minimum Gasteiger partial charge on any atom is -0.382 e. The van der Waals surface area contributed by atoms with Crippen LogP contribution in [0.15, 0.2) is 36.7 Å². The van der Waals surface area contributed by atoms with Crippen LogP contribution in [0.25, 0.3) is 0 Å². The van der Waals surface area contributed by atoms with Gasteiger partial charge in [0, 0.05) is 24.6 Å². The van der Waals surface area contributed by atoms with E-state index in [1.807, 2.05) is 24.3 Å². The first kappa shape index (κ1) is 14.5. The van der Waals surface area contributed by atoms with Gasteiger partial charge in [0.1, 0.15) is 0 Å². The molecule has 6 heteroatoms. The topological polar surface area (TPSA) is 84.1 Å². The van der Waals surface area contributed by atoms with Crippen molar-refractivity contribution in [2.75, 3.05) is 24.1 Å². The lowest BCUT2D eigenvalue weighted by molar-refractivity contribution is 0.102. The van der Waals surface area contributed by atoms with E-state index in [2.05, 4.69) is 20.2 Å². The Labute approximate surface area is 129 Å². The van der Waals surface area contributed by atoms with E-state index in [1.54, 1.807) is 0 Å². The zero-order chi connectivity index (χ0) is 15.4.